The van der Waals surface area contributed by atoms with Crippen LogP contribution in [-0.2, 0) is 6.54 Å². The standard InChI is InChI=1S/C12H16N4/c13-5-10-7-16-8-14-6-11(12(16)15-10)9-3-1-2-4-9/h6-9H,1-5,13H2. The monoisotopic (exact) mass is 216 g/mol. The van der Waals surface area contributed by atoms with E-state index in [2.05, 4.69) is 9.97 Å². The molecular formula is C12H16N4. The molecule has 84 valence electrons. The summed E-state index contributed by atoms with van der Waals surface area (Å²) in [6.45, 7) is 0.492. The lowest BCUT2D eigenvalue weighted by atomic mass is 10.0. The quantitative estimate of drug-likeness (QED) is 0.833. The van der Waals surface area contributed by atoms with Gasteiger partial charge in [-0.1, -0.05) is 12.8 Å². The smallest absolute Gasteiger partial charge is 0.143 e. The fourth-order valence-electron chi connectivity index (χ4n) is 2.61. The molecule has 0 bridgehead atoms. The highest BCUT2D eigenvalue weighted by atomic mass is 15.0. The van der Waals surface area contributed by atoms with Crippen LogP contribution in [-0.4, -0.2) is 14.4 Å². The summed E-state index contributed by atoms with van der Waals surface area (Å²) in [6, 6.07) is 0. The van der Waals surface area contributed by atoms with E-state index < -0.39 is 0 Å². The maximum absolute atomic E-state index is 5.62. The topological polar surface area (TPSA) is 56.2 Å². The average molecular weight is 216 g/mol. The molecule has 0 aromatic carbocycles. The molecule has 1 fully saturated rings. The van der Waals surface area contributed by atoms with Gasteiger partial charge in [0.05, 0.1) is 5.69 Å². The minimum atomic E-state index is 0.492. The lowest BCUT2D eigenvalue weighted by molar-refractivity contribution is 0.718. The summed E-state index contributed by atoms with van der Waals surface area (Å²) >= 11 is 0. The molecule has 1 aliphatic carbocycles. The highest BCUT2D eigenvalue weighted by Crippen LogP contribution is 2.35. The minimum absolute atomic E-state index is 0.492. The van der Waals surface area contributed by atoms with Crippen LogP contribution >= 0.6 is 0 Å². The molecule has 2 aromatic heterocycles. The van der Waals surface area contributed by atoms with Crippen molar-refractivity contribution in [3.63, 3.8) is 0 Å². The highest BCUT2D eigenvalue weighted by Gasteiger charge is 2.20. The molecule has 4 heteroatoms. The minimum Gasteiger partial charge on any atom is -0.325 e. The Morgan fingerprint density at radius 2 is 2.19 bits per heavy atom. The Hall–Kier alpha value is -1.42. The first kappa shape index (κ1) is 9.78. The van der Waals surface area contributed by atoms with E-state index in [1.54, 1.807) is 6.33 Å². The van der Waals surface area contributed by atoms with E-state index in [0.29, 0.717) is 12.5 Å². The molecule has 4 nitrogen and oxygen atoms in total. The first-order valence-corrected chi connectivity index (χ1v) is 5.90. The molecule has 3 rings (SSSR count). The Morgan fingerprint density at radius 3 is 2.94 bits per heavy atom. The van der Waals surface area contributed by atoms with E-state index in [-0.39, 0.29) is 0 Å². The van der Waals surface area contributed by atoms with Gasteiger partial charge >= 0.3 is 0 Å². The van der Waals surface area contributed by atoms with Gasteiger partial charge in [-0.3, -0.25) is 4.40 Å². The Labute approximate surface area is 94.5 Å². The maximum Gasteiger partial charge on any atom is 0.143 e. The van der Waals surface area contributed by atoms with Gasteiger partial charge in [0.2, 0.25) is 0 Å². The van der Waals surface area contributed by atoms with E-state index in [1.165, 1.54) is 31.2 Å². The summed E-state index contributed by atoms with van der Waals surface area (Å²) in [7, 11) is 0. The van der Waals surface area contributed by atoms with Gasteiger partial charge in [0.15, 0.2) is 0 Å². The lowest BCUT2D eigenvalue weighted by Gasteiger charge is -2.09. The van der Waals surface area contributed by atoms with E-state index in [1.807, 2.05) is 16.8 Å². The summed E-state index contributed by atoms with van der Waals surface area (Å²) in [5.41, 5.74) is 8.89. The van der Waals surface area contributed by atoms with Gasteiger partial charge in [0.25, 0.3) is 0 Å². The number of fused-ring (bicyclic) bond motifs is 1. The molecule has 0 saturated heterocycles. The summed E-state index contributed by atoms with van der Waals surface area (Å²) < 4.78 is 2.00. The normalized spacial score (nSPS) is 17.3. The second-order valence-corrected chi connectivity index (χ2v) is 4.50. The van der Waals surface area contributed by atoms with Crippen LogP contribution in [0.2, 0.25) is 0 Å². The van der Waals surface area contributed by atoms with Crippen LogP contribution in [0.15, 0.2) is 18.7 Å². The summed E-state index contributed by atoms with van der Waals surface area (Å²) in [5, 5.41) is 0. The molecule has 16 heavy (non-hydrogen) atoms. The van der Waals surface area contributed by atoms with Crippen molar-refractivity contribution in [1.29, 1.82) is 0 Å². The van der Waals surface area contributed by atoms with E-state index in [0.717, 1.165) is 11.3 Å². The molecule has 2 aromatic rings. The van der Waals surface area contributed by atoms with Crippen molar-refractivity contribution in [2.45, 2.75) is 38.1 Å². The van der Waals surface area contributed by atoms with Gasteiger partial charge in [0, 0.05) is 24.5 Å². The van der Waals surface area contributed by atoms with Crippen molar-refractivity contribution in [1.82, 2.24) is 14.4 Å². The van der Waals surface area contributed by atoms with Crippen LogP contribution in [0.1, 0.15) is 42.9 Å². The predicted octanol–water partition coefficient (Wildman–Crippen LogP) is 1.85. The van der Waals surface area contributed by atoms with Crippen molar-refractivity contribution in [2.24, 2.45) is 5.73 Å². The number of aromatic nitrogens is 3. The zero-order valence-corrected chi connectivity index (χ0v) is 9.26. The van der Waals surface area contributed by atoms with Crippen LogP contribution in [0.5, 0.6) is 0 Å². The average Bonchev–Trinajstić information content (AvgIpc) is 2.97. The second kappa shape index (κ2) is 3.87. The van der Waals surface area contributed by atoms with Crippen LogP contribution in [0.4, 0.5) is 0 Å². The van der Waals surface area contributed by atoms with Crippen LogP contribution in [0.3, 0.4) is 0 Å². The van der Waals surface area contributed by atoms with Crippen molar-refractivity contribution < 1.29 is 0 Å². The van der Waals surface area contributed by atoms with Gasteiger partial charge < -0.3 is 5.73 Å². The Balaban J connectivity index is 2.12. The molecule has 2 N–H and O–H groups in total. The third-order valence-corrected chi connectivity index (χ3v) is 3.45. The molecule has 0 amide bonds. The SMILES string of the molecule is NCc1cn2cncc(C3CCCC3)c2n1. The van der Waals surface area contributed by atoms with E-state index in [4.69, 9.17) is 5.73 Å². The fraction of sp³-hybridized carbons (Fsp3) is 0.500. The van der Waals surface area contributed by atoms with Gasteiger partial charge in [-0.25, -0.2) is 9.97 Å². The molecule has 0 unspecified atom stereocenters. The third kappa shape index (κ3) is 1.50. The summed E-state index contributed by atoms with van der Waals surface area (Å²) in [6.07, 6.45) is 10.9. The van der Waals surface area contributed by atoms with E-state index in [9.17, 15) is 0 Å². The fourth-order valence-corrected chi connectivity index (χ4v) is 2.61. The highest BCUT2D eigenvalue weighted by molar-refractivity contribution is 5.49. The molecule has 0 spiro atoms. The Morgan fingerprint density at radius 1 is 1.38 bits per heavy atom. The van der Waals surface area contributed by atoms with Crippen molar-refractivity contribution >= 4 is 5.65 Å². The summed E-state index contributed by atoms with van der Waals surface area (Å²) in [4.78, 5) is 8.86. The molecule has 2 heterocycles. The zero-order valence-electron chi connectivity index (χ0n) is 9.26. The van der Waals surface area contributed by atoms with Gasteiger partial charge in [-0.2, -0.15) is 0 Å². The number of hydrogen-bond donors (Lipinski definition) is 1. The molecule has 1 aliphatic rings. The predicted molar refractivity (Wildman–Crippen MR) is 62.1 cm³/mol. The molecular weight excluding hydrogens is 200 g/mol. The van der Waals surface area contributed by atoms with Crippen LogP contribution in [0, 0.1) is 0 Å². The molecule has 0 radical (unpaired) electrons. The van der Waals surface area contributed by atoms with Crippen molar-refractivity contribution in [3.05, 3.63) is 30.0 Å². The molecule has 1 saturated carbocycles. The van der Waals surface area contributed by atoms with Crippen LogP contribution in [0.25, 0.3) is 5.65 Å². The number of nitrogens with two attached hydrogens (primary N) is 1. The number of hydrogen-bond acceptors (Lipinski definition) is 3. The van der Waals surface area contributed by atoms with Gasteiger partial charge in [-0.05, 0) is 18.8 Å². The number of nitrogens with zero attached hydrogens (tertiary/aromatic N) is 3. The Bertz CT molecular complexity index is 497. The lowest BCUT2D eigenvalue weighted by Crippen LogP contribution is -1.98. The third-order valence-electron chi connectivity index (χ3n) is 3.45. The first-order chi connectivity index (χ1) is 7.88. The first-order valence-electron chi connectivity index (χ1n) is 5.90. The largest absolute Gasteiger partial charge is 0.325 e. The maximum atomic E-state index is 5.62. The molecule has 0 aliphatic heterocycles. The number of imidazole rings is 1. The zero-order chi connectivity index (χ0) is 11.0. The van der Waals surface area contributed by atoms with Gasteiger partial charge in [-0.15, -0.1) is 0 Å². The molecule has 0 atom stereocenters. The number of rotatable bonds is 2. The van der Waals surface area contributed by atoms with Crippen LogP contribution < -0.4 is 5.73 Å². The second-order valence-electron chi connectivity index (χ2n) is 4.50. The van der Waals surface area contributed by atoms with E-state index >= 15 is 0 Å². The van der Waals surface area contributed by atoms with Gasteiger partial charge in [0.1, 0.15) is 12.0 Å². The Kier molecular flexibility index (Phi) is 2.36. The summed E-state index contributed by atoms with van der Waals surface area (Å²) in [5.74, 6) is 0.643. The van der Waals surface area contributed by atoms with Crippen molar-refractivity contribution in [2.75, 3.05) is 0 Å². The van der Waals surface area contributed by atoms with Crippen molar-refractivity contribution in [3.8, 4) is 0 Å².